The van der Waals surface area contributed by atoms with E-state index in [0.29, 0.717) is 34.9 Å². The zero-order valence-corrected chi connectivity index (χ0v) is 15.7. The normalized spacial score (nSPS) is 17.2. The van der Waals surface area contributed by atoms with Gasteiger partial charge in [-0.15, -0.1) is 0 Å². The van der Waals surface area contributed by atoms with Crippen LogP contribution in [0.2, 0.25) is 0 Å². The van der Waals surface area contributed by atoms with Gasteiger partial charge in [0, 0.05) is 23.7 Å². The summed E-state index contributed by atoms with van der Waals surface area (Å²) < 4.78 is 1.61. The molecular weight excluding hydrogens is 356 g/mol. The van der Waals surface area contributed by atoms with Gasteiger partial charge in [-0.05, 0) is 50.3 Å². The molecule has 1 saturated carbocycles. The van der Waals surface area contributed by atoms with Crippen molar-refractivity contribution < 1.29 is 9.59 Å². The highest BCUT2D eigenvalue weighted by molar-refractivity contribution is 6.10. The maximum atomic E-state index is 13.1. The fourth-order valence-electron chi connectivity index (χ4n) is 4.10. The van der Waals surface area contributed by atoms with Crippen LogP contribution in [0.25, 0.3) is 16.9 Å². The molecule has 8 heteroatoms. The Morgan fingerprint density at radius 2 is 2.07 bits per heavy atom. The van der Waals surface area contributed by atoms with Gasteiger partial charge in [0.25, 0.3) is 5.91 Å². The summed E-state index contributed by atoms with van der Waals surface area (Å²) in [6.07, 6.45) is 5.35. The predicted molar refractivity (Wildman–Crippen MR) is 103 cm³/mol. The molecule has 1 aliphatic heterocycles. The number of anilines is 1. The van der Waals surface area contributed by atoms with E-state index in [9.17, 15) is 9.59 Å². The third kappa shape index (κ3) is 2.41. The Kier molecular flexibility index (Phi) is 3.52. The second kappa shape index (κ2) is 5.85. The van der Waals surface area contributed by atoms with Crippen molar-refractivity contribution in [3.8, 4) is 11.3 Å². The van der Waals surface area contributed by atoms with Crippen LogP contribution in [0.5, 0.6) is 0 Å². The summed E-state index contributed by atoms with van der Waals surface area (Å²) in [5.41, 5.74) is 9.68. The molecule has 3 heterocycles. The van der Waals surface area contributed by atoms with Crippen LogP contribution in [-0.2, 0) is 6.54 Å². The van der Waals surface area contributed by atoms with Crippen LogP contribution in [-0.4, -0.2) is 42.2 Å². The average Bonchev–Trinajstić information content (AvgIpc) is 3.35. The molecular formula is C20H20N6O2. The van der Waals surface area contributed by atoms with Crippen LogP contribution < -0.4 is 5.73 Å². The lowest BCUT2D eigenvalue weighted by molar-refractivity contribution is 0.0694. The Morgan fingerprint density at radius 3 is 2.79 bits per heavy atom. The third-order valence-electron chi connectivity index (χ3n) is 5.84. The molecule has 8 nitrogen and oxygen atoms in total. The molecule has 28 heavy (non-hydrogen) atoms. The summed E-state index contributed by atoms with van der Waals surface area (Å²) in [5.74, 6) is 0.678. The van der Waals surface area contributed by atoms with Crippen LogP contribution in [0, 0.1) is 5.92 Å². The fourth-order valence-corrected chi connectivity index (χ4v) is 4.10. The fraction of sp³-hybridized carbons (Fsp3) is 0.350. The number of hydrogen-bond acceptors (Lipinski definition) is 6. The van der Waals surface area contributed by atoms with Gasteiger partial charge in [-0.2, -0.15) is 5.10 Å². The molecule has 1 atom stereocenters. The highest BCUT2D eigenvalue weighted by Gasteiger charge is 2.40. The van der Waals surface area contributed by atoms with Crippen LogP contribution in [0.15, 0.2) is 24.7 Å². The van der Waals surface area contributed by atoms with Crippen molar-refractivity contribution in [2.45, 2.75) is 39.3 Å². The van der Waals surface area contributed by atoms with Gasteiger partial charge in [-0.25, -0.2) is 14.5 Å². The Bertz CT molecular complexity index is 1150. The molecule has 0 bridgehead atoms. The second-order valence-corrected chi connectivity index (χ2v) is 7.65. The number of nitrogens with zero attached hydrogens (tertiary/aromatic N) is 5. The van der Waals surface area contributed by atoms with Crippen molar-refractivity contribution in [2.24, 2.45) is 5.92 Å². The maximum Gasteiger partial charge on any atom is 0.255 e. The zero-order valence-electron chi connectivity index (χ0n) is 15.7. The smallest absolute Gasteiger partial charge is 0.255 e. The van der Waals surface area contributed by atoms with Gasteiger partial charge in [-0.3, -0.25) is 9.59 Å². The number of nitrogen functional groups attached to an aromatic ring is 1. The number of fused-ring (bicyclic) bond motifs is 2. The standard InChI is InChI=1S/C20H20N6O2/c1-10(12-3-4-12)25-8-14-5-13(6-15(11(2)27)17(14)20(25)28)16-7-22-19-18(21)23-9-24-26(16)19/h5-7,9-10,12H,3-4,8H2,1-2H3,(H2,21,23,24). The Balaban J connectivity index is 1.65. The van der Waals surface area contributed by atoms with E-state index in [1.165, 1.54) is 13.3 Å². The third-order valence-corrected chi connectivity index (χ3v) is 5.84. The van der Waals surface area contributed by atoms with Crippen molar-refractivity contribution in [1.29, 1.82) is 0 Å². The van der Waals surface area contributed by atoms with Crippen molar-refractivity contribution in [3.05, 3.63) is 41.3 Å². The van der Waals surface area contributed by atoms with Crippen molar-refractivity contribution >= 4 is 23.2 Å². The largest absolute Gasteiger partial charge is 0.381 e. The summed E-state index contributed by atoms with van der Waals surface area (Å²) in [6, 6.07) is 3.90. The molecule has 1 aliphatic carbocycles. The lowest BCUT2D eigenvalue weighted by Crippen LogP contribution is -2.35. The number of carbonyl (C=O) groups excluding carboxylic acids is 2. The van der Waals surface area contributed by atoms with E-state index in [4.69, 9.17) is 5.73 Å². The van der Waals surface area contributed by atoms with E-state index in [0.717, 1.165) is 24.0 Å². The van der Waals surface area contributed by atoms with Gasteiger partial charge in [0.15, 0.2) is 17.2 Å². The summed E-state index contributed by atoms with van der Waals surface area (Å²) in [7, 11) is 0. The van der Waals surface area contributed by atoms with Gasteiger partial charge >= 0.3 is 0 Å². The molecule has 2 aromatic heterocycles. The number of aromatic nitrogens is 4. The van der Waals surface area contributed by atoms with Crippen molar-refractivity contribution in [3.63, 3.8) is 0 Å². The number of amides is 1. The summed E-state index contributed by atoms with van der Waals surface area (Å²) >= 11 is 0. The van der Waals surface area contributed by atoms with E-state index in [1.54, 1.807) is 16.8 Å². The van der Waals surface area contributed by atoms with E-state index in [2.05, 4.69) is 22.0 Å². The van der Waals surface area contributed by atoms with Gasteiger partial charge < -0.3 is 10.6 Å². The zero-order chi connectivity index (χ0) is 19.6. The van der Waals surface area contributed by atoms with Crippen LogP contribution in [0.3, 0.4) is 0 Å². The molecule has 0 spiro atoms. The van der Waals surface area contributed by atoms with Crippen molar-refractivity contribution in [2.75, 3.05) is 5.73 Å². The number of carbonyl (C=O) groups is 2. The van der Waals surface area contributed by atoms with Crippen LogP contribution in [0.1, 0.15) is 53.0 Å². The van der Waals surface area contributed by atoms with Gasteiger partial charge in [0.05, 0.1) is 17.5 Å². The van der Waals surface area contributed by atoms with E-state index in [1.807, 2.05) is 11.0 Å². The molecule has 2 N–H and O–H groups in total. The monoisotopic (exact) mass is 376 g/mol. The minimum absolute atomic E-state index is 0.0455. The summed E-state index contributed by atoms with van der Waals surface area (Å²) in [6.45, 7) is 4.11. The van der Waals surface area contributed by atoms with E-state index >= 15 is 0 Å². The molecule has 0 radical (unpaired) electrons. The molecule has 1 fully saturated rings. The summed E-state index contributed by atoms with van der Waals surface area (Å²) in [5, 5.41) is 4.24. The molecule has 1 aromatic carbocycles. The lowest BCUT2D eigenvalue weighted by Gasteiger charge is -2.24. The molecule has 142 valence electrons. The Labute approximate surface area is 161 Å². The van der Waals surface area contributed by atoms with Gasteiger partial charge in [-0.1, -0.05) is 0 Å². The first-order valence-corrected chi connectivity index (χ1v) is 9.39. The number of imidazole rings is 1. The quantitative estimate of drug-likeness (QED) is 0.701. The second-order valence-electron chi connectivity index (χ2n) is 7.65. The first-order valence-electron chi connectivity index (χ1n) is 9.39. The predicted octanol–water partition coefficient (Wildman–Crippen LogP) is 2.33. The average molecular weight is 376 g/mol. The highest BCUT2D eigenvalue weighted by atomic mass is 16.2. The van der Waals surface area contributed by atoms with Gasteiger partial charge in [0.2, 0.25) is 0 Å². The first kappa shape index (κ1) is 16.9. The number of hydrogen-bond donors (Lipinski definition) is 1. The molecule has 5 rings (SSSR count). The molecule has 1 amide bonds. The van der Waals surface area contributed by atoms with Crippen LogP contribution in [0.4, 0.5) is 5.82 Å². The lowest BCUT2D eigenvalue weighted by atomic mass is 9.96. The van der Waals surface area contributed by atoms with Crippen LogP contribution >= 0.6 is 0 Å². The summed E-state index contributed by atoms with van der Waals surface area (Å²) in [4.78, 5) is 35.6. The highest BCUT2D eigenvalue weighted by Crippen LogP contribution is 2.40. The molecule has 2 aliphatic rings. The SMILES string of the molecule is CC(=O)c1cc(-c2cnc3c(N)ncnn23)cc2c1C(=O)N(C(C)C1CC1)C2. The number of ketones is 1. The maximum absolute atomic E-state index is 13.1. The van der Waals surface area contributed by atoms with E-state index < -0.39 is 0 Å². The van der Waals surface area contributed by atoms with Gasteiger partial charge in [0.1, 0.15) is 6.33 Å². The number of Topliss-reactive ketones (excluding diaryl/α,β-unsaturated/α-hetero) is 1. The Hall–Kier alpha value is -3.29. The minimum Gasteiger partial charge on any atom is -0.381 e. The molecule has 1 unspecified atom stereocenters. The first-order chi connectivity index (χ1) is 13.5. The number of rotatable bonds is 4. The molecule has 3 aromatic rings. The van der Waals surface area contributed by atoms with E-state index in [-0.39, 0.29) is 23.6 Å². The topological polar surface area (TPSA) is 106 Å². The minimum atomic E-state index is -0.129. The number of benzene rings is 1. The Morgan fingerprint density at radius 1 is 1.29 bits per heavy atom. The molecule has 0 saturated heterocycles. The van der Waals surface area contributed by atoms with Crippen molar-refractivity contribution in [1.82, 2.24) is 24.5 Å². The number of nitrogens with two attached hydrogens (primary N) is 1.